The quantitative estimate of drug-likeness (QED) is 0.437. The van der Waals surface area contributed by atoms with E-state index in [2.05, 4.69) is 12.1 Å². The number of benzene rings is 3. The van der Waals surface area contributed by atoms with Gasteiger partial charge in [-0.25, -0.2) is 0 Å². The molecule has 0 aliphatic rings. The molecule has 0 N–H and O–H groups in total. The highest BCUT2D eigenvalue weighted by Gasteiger charge is 2.07. The highest BCUT2D eigenvalue weighted by molar-refractivity contribution is 6.07. The van der Waals surface area contributed by atoms with Gasteiger partial charge < -0.3 is 9.64 Å². The third kappa shape index (κ3) is 5.66. The Balaban J connectivity index is 1.64. The molecule has 0 unspecified atom stereocenters. The summed E-state index contributed by atoms with van der Waals surface area (Å²) in [5, 5.41) is 0. The monoisotopic (exact) mass is 385 g/mol. The van der Waals surface area contributed by atoms with Crippen LogP contribution in [0.3, 0.4) is 0 Å². The fourth-order valence-electron chi connectivity index (χ4n) is 2.70. The minimum absolute atomic E-state index is 0.0613. The van der Waals surface area contributed by atoms with E-state index in [-0.39, 0.29) is 18.3 Å². The lowest BCUT2D eigenvalue weighted by Crippen LogP contribution is -2.27. The van der Waals surface area contributed by atoms with Crippen molar-refractivity contribution in [3.05, 3.63) is 96.1 Å². The normalized spacial score (nSPS) is 10.7. The molecule has 0 fully saturated rings. The maximum absolute atomic E-state index is 12.5. The molecule has 3 aromatic carbocycles. The molecule has 29 heavy (non-hydrogen) atoms. The molecule has 146 valence electrons. The van der Waals surface area contributed by atoms with Crippen LogP contribution < -0.4 is 4.74 Å². The second kappa shape index (κ2) is 9.51. The zero-order valence-electron chi connectivity index (χ0n) is 16.5. The van der Waals surface area contributed by atoms with Crippen molar-refractivity contribution in [2.45, 2.75) is 0 Å². The second-order valence-corrected chi connectivity index (χ2v) is 6.79. The summed E-state index contributed by atoms with van der Waals surface area (Å²) >= 11 is 0. The van der Waals surface area contributed by atoms with Crippen molar-refractivity contribution >= 4 is 17.8 Å². The van der Waals surface area contributed by atoms with Crippen LogP contribution in [0.2, 0.25) is 0 Å². The molecule has 0 heterocycles. The lowest BCUT2D eigenvalue weighted by molar-refractivity contribution is -0.130. The number of ether oxygens (including phenoxy) is 1. The van der Waals surface area contributed by atoms with E-state index in [0.717, 1.165) is 16.7 Å². The molecule has 0 saturated carbocycles. The van der Waals surface area contributed by atoms with E-state index >= 15 is 0 Å². The highest BCUT2D eigenvalue weighted by Crippen LogP contribution is 2.20. The van der Waals surface area contributed by atoms with Gasteiger partial charge in [0, 0.05) is 19.7 Å². The molecule has 0 radical (unpaired) electrons. The zero-order valence-corrected chi connectivity index (χ0v) is 16.5. The fraction of sp³-hybridized carbons (Fsp3) is 0.120. The van der Waals surface area contributed by atoms with Gasteiger partial charge in [0.15, 0.2) is 12.4 Å². The van der Waals surface area contributed by atoms with E-state index in [1.807, 2.05) is 42.5 Å². The van der Waals surface area contributed by atoms with Crippen LogP contribution in [0.25, 0.3) is 17.2 Å². The molecule has 4 nitrogen and oxygen atoms in total. The van der Waals surface area contributed by atoms with Crippen LogP contribution in [0.15, 0.2) is 84.9 Å². The van der Waals surface area contributed by atoms with Crippen LogP contribution in [0.1, 0.15) is 15.9 Å². The minimum atomic E-state index is -0.138. The Kier molecular flexibility index (Phi) is 6.59. The molecule has 0 spiro atoms. The molecule has 0 aliphatic carbocycles. The molecule has 0 saturated heterocycles. The molecular formula is C25H23NO3. The number of likely N-dealkylation sites (N-methyl/N-ethyl adjacent to an activating group) is 1. The van der Waals surface area contributed by atoms with E-state index in [1.165, 1.54) is 4.90 Å². The first-order chi connectivity index (χ1) is 14.0. The van der Waals surface area contributed by atoms with Gasteiger partial charge in [-0.15, -0.1) is 0 Å². The third-order valence-corrected chi connectivity index (χ3v) is 4.42. The lowest BCUT2D eigenvalue weighted by atomic mass is 10.0. The van der Waals surface area contributed by atoms with Gasteiger partial charge in [-0.05, 0) is 34.9 Å². The van der Waals surface area contributed by atoms with E-state index in [9.17, 15) is 9.59 Å². The molecule has 0 bridgehead atoms. The first-order valence-electron chi connectivity index (χ1n) is 9.34. The van der Waals surface area contributed by atoms with Crippen LogP contribution in [-0.2, 0) is 4.79 Å². The van der Waals surface area contributed by atoms with Gasteiger partial charge in [-0.3, -0.25) is 9.59 Å². The van der Waals surface area contributed by atoms with Crippen molar-refractivity contribution in [1.82, 2.24) is 4.90 Å². The largest absolute Gasteiger partial charge is 0.484 e. The predicted molar refractivity (Wildman–Crippen MR) is 116 cm³/mol. The standard InChI is InChI=1S/C25H23NO3/c1-26(2)25(28)18-29-23-10-6-9-22(17-23)24(27)16-13-19-11-14-21(15-12-19)20-7-4-3-5-8-20/h3-17H,18H2,1-2H3/b16-13+. The van der Waals surface area contributed by atoms with Crippen molar-refractivity contribution in [3.63, 3.8) is 0 Å². The van der Waals surface area contributed by atoms with Crippen LogP contribution in [0.5, 0.6) is 5.75 Å². The summed E-state index contributed by atoms with van der Waals surface area (Å²) < 4.78 is 5.47. The van der Waals surface area contributed by atoms with Crippen molar-refractivity contribution < 1.29 is 14.3 Å². The van der Waals surface area contributed by atoms with Crippen LogP contribution in [-0.4, -0.2) is 37.3 Å². The van der Waals surface area contributed by atoms with Gasteiger partial charge >= 0.3 is 0 Å². The third-order valence-electron chi connectivity index (χ3n) is 4.42. The Labute approximate surface area is 171 Å². The van der Waals surface area contributed by atoms with Gasteiger partial charge in [0.1, 0.15) is 5.75 Å². The first kappa shape index (κ1) is 20.1. The second-order valence-electron chi connectivity index (χ2n) is 6.79. The van der Waals surface area contributed by atoms with Gasteiger partial charge in [0.25, 0.3) is 5.91 Å². The summed E-state index contributed by atoms with van der Waals surface area (Å²) in [7, 11) is 3.34. The number of amides is 1. The molecule has 3 aromatic rings. The number of rotatable bonds is 7. The molecule has 0 aromatic heterocycles. The average molecular weight is 385 g/mol. The lowest BCUT2D eigenvalue weighted by Gasteiger charge is -2.11. The van der Waals surface area contributed by atoms with Gasteiger partial charge in [-0.2, -0.15) is 0 Å². The minimum Gasteiger partial charge on any atom is -0.484 e. The van der Waals surface area contributed by atoms with Crippen molar-refractivity contribution in [3.8, 4) is 16.9 Å². The van der Waals surface area contributed by atoms with Crippen LogP contribution >= 0.6 is 0 Å². The van der Waals surface area contributed by atoms with Crippen LogP contribution in [0.4, 0.5) is 0 Å². The summed E-state index contributed by atoms with van der Waals surface area (Å²) in [6.07, 6.45) is 3.34. The van der Waals surface area contributed by atoms with E-state index in [4.69, 9.17) is 4.74 Å². The smallest absolute Gasteiger partial charge is 0.259 e. The van der Waals surface area contributed by atoms with Crippen molar-refractivity contribution in [1.29, 1.82) is 0 Å². The molecule has 4 heteroatoms. The number of carbonyl (C=O) groups excluding carboxylic acids is 2. The summed E-state index contributed by atoms with van der Waals surface area (Å²) in [4.78, 5) is 25.6. The molecule has 0 atom stereocenters. The Morgan fingerprint density at radius 1 is 0.862 bits per heavy atom. The zero-order chi connectivity index (χ0) is 20.6. The summed E-state index contributed by atoms with van der Waals surface area (Å²) in [5.74, 6) is 0.230. The number of hydrogen-bond acceptors (Lipinski definition) is 3. The van der Waals surface area contributed by atoms with Crippen LogP contribution in [0, 0.1) is 0 Å². The Morgan fingerprint density at radius 3 is 2.24 bits per heavy atom. The van der Waals surface area contributed by atoms with Gasteiger partial charge in [0.05, 0.1) is 0 Å². The van der Waals surface area contributed by atoms with Gasteiger partial charge in [-0.1, -0.05) is 72.8 Å². The number of hydrogen-bond donors (Lipinski definition) is 0. The van der Waals surface area contributed by atoms with E-state index in [0.29, 0.717) is 11.3 Å². The average Bonchev–Trinajstić information content (AvgIpc) is 2.77. The Bertz CT molecular complexity index is 1010. The number of carbonyl (C=O) groups is 2. The highest BCUT2D eigenvalue weighted by atomic mass is 16.5. The topological polar surface area (TPSA) is 46.6 Å². The summed E-state index contributed by atoms with van der Waals surface area (Å²) in [6.45, 7) is -0.0613. The SMILES string of the molecule is CN(C)C(=O)COc1cccc(C(=O)/C=C/c2ccc(-c3ccccc3)cc2)c1. The Hall–Kier alpha value is -3.66. The van der Waals surface area contributed by atoms with Gasteiger partial charge in [0.2, 0.25) is 0 Å². The molecular weight excluding hydrogens is 362 g/mol. The van der Waals surface area contributed by atoms with E-state index in [1.54, 1.807) is 50.5 Å². The Morgan fingerprint density at radius 2 is 1.55 bits per heavy atom. The summed E-state index contributed by atoms with van der Waals surface area (Å²) in [6, 6.07) is 25.0. The predicted octanol–water partition coefficient (Wildman–Crippen LogP) is 4.72. The van der Waals surface area contributed by atoms with Crippen molar-refractivity contribution in [2.24, 2.45) is 0 Å². The maximum atomic E-state index is 12.5. The molecule has 1 amide bonds. The molecule has 0 aliphatic heterocycles. The number of ketones is 1. The first-order valence-corrected chi connectivity index (χ1v) is 9.34. The van der Waals surface area contributed by atoms with Crippen molar-refractivity contribution in [2.75, 3.05) is 20.7 Å². The fourth-order valence-corrected chi connectivity index (χ4v) is 2.70. The number of allylic oxidation sites excluding steroid dienone is 1. The number of nitrogens with zero attached hydrogens (tertiary/aromatic N) is 1. The van der Waals surface area contributed by atoms with E-state index < -0.39 is 0 Å². The maximum Gasteiger partial charge on any atom is 0.259 e. The summed E-state index contributed by atoms with van der Waals surface area (Å²) in [5.41, 5.74) is 3.74. The molecule has 3 rings (SSSR count).